The quantitative estimate of drug-likeness (QED) is 0.0894. The van der Waals surface area contributed by atoms with E-state index in [2.05, 4.69) is 27.4 Å². The Morgan fingerprint density at radius 2 is 0.590 bits per heavy atom. The largest absolute Gasteiger partial charge is 0.481 e. The Hall–Kier alpha value is -0.730. The van der Waals surface area contributed by atoms with Crippen LogP contribution in [-0.4, -0.2) is 58.4 Å². The molecule has 0 fully saturated rings. The highest BCUT2D eigenvalue weighted by atomic mass is 31.2. The lowest BCUT2D eigenvalue weighted by molar-refractivity contribution is -0.135. The molecule has 1 unspecified atom stereocenters. The average molecular weight is 600 g/mol. The van der Waals surface area contributed by atoms with Crippen molar-refractivity contribution in [1.29, 1.82) is 0 Å². The summed E-state index contributed by atoms with van der Waals surface area (Å²) in [6, 6.07) is 0. The standard InChI is InChI=1S/C25H54P.3C2H4O2.H3P/c1-5-8-11-14-17-20-23-26(4,24-21-18-15-12-9-6-2)25-22-19-16-13-10-7-3;3*1-2(3)4;/h5-25H2,1-4H3;3*1H3,(H,3,4);1H3/q+1;;;;. The number of carboxylic acid groups (broad SMARTS) is 3. The second-order valence-corrected chi connectivity index (χ2v) is 15.2. The van der Waals surface area contributed by atoms with Gasteiger partial charge < -0.3 is 15.3 Å². The van der Waals surface area contributed by atoms with Gasteiger partial charge in [-0.25, -0.2) is 0 Å². The first kappa shape index (κ1) is 48.0. The van der Waals surface area contributed by atoms with Gasteiger partial charge in [0.1, 0.15) is 0 Å². The molecule has 0 amide bonds. The van der Waals surface area contributed by atoms with Gasteiger partial charge in [0.25, 0.3) is 17.9 Å². The van der Waals surface area contributed by atoms with Gasteiger partial charge in [0.2, 0.25) is 0 Å². The van der Waals surface area contributed by atoms with Gasteiger partial charge in [-0.1, -0.05) is 97.8 Å². The Balaban J connectivity index is -0.000000247. The molecule has 0 rings (SSSR count). The predicted octanol–water partition coefficient (Wildman–Crippen LogP) is 10.0. The number of hydrogen-bond acceptors (Lipinski definition) is 3. The molecule has 238 valence electrons. The van der Waals surface area contributed by atoms with Gasteiger partial charge in [0, 0.05) is 34.7 Å². The lowest BCUT2D eigenvalue weighted by Crippen LogP contribution is -2.08. The number of hydrogen-bond donors (Lipinski definition) is 3. The highest BCUT2D eigenvalue weighted by Gasteiger charge is 2.29. The maximum atomic E-state index is 9.00. The van der Waals surface area contributed by atoms with Crippen LogP contribution in [0.3, 0.4) is 0 Å². The third-order valence-electron chi connectivity index (χ3n) is 6.15. The van der Waals surface area contributed by atoms with Crippen molar-refractivity contribution in [2.24, 2.45) is 0 Å². The Morgan fingerprint density at radius 1 is 0.436 bits per heavy atom. The average Bonchev–Trinajstić information content (AvgIpc) is 2.80. The summed E-state index contributed by atoms with van der Waals surface area (Å²) >= 11 is 0. The Kier molecular flexibility index (Phi) is 48.5. The fraction of sp³-hybridized carbons (Fsp3) is 0.903. The number of rotatable bonds is 21. The maximum absolute atomic E-state index is 9.00. The second kappa shape index (κ2) is 39.4. The zero-order valence-corrected chi connectivity index (χ0v) is 29.4. The molecule has 0 bridgehead atoms. The first-order chi connectivity index (χ1) is 17.9. The van der Waals surface area contributed by atoms with Gasteiger partial charge in [0.05, 0.1) is 18.5 Å². The van der Waals surface area contributed by atoms with Gasteiger partial charge in [-0.2, -0.15) is 9.90 Å². The Bertz CT molecular complexity index is 434. The summed E-state index contributed by atoms with van der Waals surface area (Å²) in [5.74, 6) is -2.50. The molecule has 0 aliphatic rings. The van der Waals surface area contributed by atoms with E-state index in [4.69, 9.17) is 29.7 Å². The summed E-state index contributed by atoms with van der Waals surface area (Å²) in [7, 11) is -0.636. The minimum Gasteiger partial charge on any atom is -0.481 e. The number of carboxylic acids is 3. The van der Waals surface area contributed by atoms with Crippen LogP contribution in [0.15, 0.2) is 0 Å². The lowest BCUT2D eigenvalue weighted by Gasteiger charge is -2.24. The van der Waals surface area contributed by atoms with Crippen LogP contribution in [0.2, 0.25) is 0 Å². The van der Waals surface area contributed by atoms with Gasteiger partial charge >= 0.3 is 0 Å². The van der Waals surface area contributed by atoms with Crippen LogP contribution in [0.5, 0.6) is 0 Å². The topological polar surface area (TPSA) is 112 Å². The van der Waals surface area contributed by atoms with Gasteiger partial charge in [-0.15, -0.1) is 0 Å². The van der Waals surface area contributed by atoms with Crippen molar-refractivity contribution in [3.63, 3.8) is 0 Å². The third kappa shape index (κ3) is 67.2. The predicted molar refractivity (Wildman–Crippen MR) is 179 cm³/mol. The van der Waals surface area contributed by atoms with E-state index in [0.717, 1.165) is 20.8 Å². The molecule has 0 radical (unpaired) electrons. The first-order valence-electron chi connectivity index (χ1n) is 15.3. The highest BCUT2D eigenvalue weighted by molar-refractivity contribution is 7.75. The molecule has 0 saturated carbocycles. The van der Waals surface area contributed by atoms with E-state index in [-0.39, 0.29) is 9.90 Å². The minimum atomic E-state index is -0.833. The molecule has 6 nitrogen and oxygen atoms in total. The first-order valence-corrected chi connectivity index (χ1v) is 18.1. The van der Waals surface area contributed by atoms with Gasteiger partial charge in [-0.05, 0) is 38.5 Å². The molecule has 8 heteroatoms. The summed E-state index contributed by atoms with van der Waals surface area (Å²) in [6.07, 6.45) is 31.2. The van der Waals surface area contributed by atoms with Crippen molar-refractivity contribution in [3.05, 3.63) is 0 Å². The van der Waals surface area contributed by atoms with E-state index in [9.17, 15) is 0 Å². The van der Waals surface area contributed by atoms with E-state index in [0.29, 0.717) is 0 Å². The van der Waals surface area contributed by atoms with Crippen LogP contribution in [0, 0.1) is 0 Å². The van der Waals surface area contributed by atoms with Crippen LogP contribution in [0.25, 0.3) is 0 Å². The molecule has 0 saturated heterocycles. The second-order valence-electron chi connectivity index (χ2n) is 10.7. The third-order valence-corrected chi connectivity index (χ3v) is 10.3. The molecule has 39 heavy (non-hydrogen) atoms. The van der Waals surface area contributed by atoms with E-state index >= 15 is 0 Å². The maximum Gasteiger partial charge on any atom is 0.300 e. The molecular weight excluding hydrogens is 530 g/mol. The molecule has 0 aromatic heterocycles. The monoisotopic (exact) mass is 599 g/mol. The Morgan fingerprint density at radius 3 is 0.769 bits per heavy atom. The van der Waals surface area contributed by atoms with Crippen LogP contribution in [0.4, 0.5) is 0 Å². The zero-order valence-electron chi connectivity index (χ0n) is 27.1. The van der Waals surface area contributed by atoms with E-state index in [1.54, 1.807) is 18.5 Å². The van der Waals surface area contributed by atoms with Crippen molar-refractivity contribution < 1.29 is 29.7 Å². The molecule has 0 aromatic rings. The Labute approximate surface area is 246 Å². The molecule has 0 aromatic carbocycles. The normalized spacial score (nSPS) is 9.92. The van der Waals surface area contributed by atoms with Crippen LogP contribution >= 0.6 is 17.2 Å². The van der Waals surface area contributed by atoms with Crippen LogP contribution < -0.4 is 0 Å². The highest BCUT2D eigenvalue weighted by Crippen LogP contribution is 2.57. The number of carbonyl (C=O) groups is 3. The molecule has 0 aliphatic heterocycles. The molecular formula is C31H69O6P2+. The fourth-order valence-electron chi connectivity index (χ4n) is 4.16. The summed E-state index contributed by atoms with van der Waals surface area (Å²) in [5.41, 5.74) is 0. The summed E-state index contributed by atoms with van der Waals surface area (Å²) in [4.78, 5) is 27.0. The van der Waals surface area contributed by atoms with Gasteiger partial charge in [0.15, 0.2) is 0 Å². The van der Waals surface area contributed by atoms with Crippen molar-refractivity contribution in [3.8, 4) is 0 Å². The summed E-state index contributed by atoms with van der Waals surface area (Å²) in [5, 5.41) is 22.2. The minimum absolute atomic E-state index is 0. The smallest absolute Gasteiger partial charge is 0.300 e. The van der Waals surface area contributed by atoms with E-state index in [1.165, 1.54) is 116 Å². The molecule has 0 heterocycles. The van der Waals surface area contributed by atoms with E-state index < -0.39 is 25.2 Å². The molecule has 3 N–H and O–H groups in total. The summed E-state index contributed by atoms with van der Waals surface area (Å²) < 4.78 is 0. The van der Waals surface area contributed by atoms with Gasteiger partial charge in [-0.3, -0.25) is 14.4 Å². The molecule has 1 atom stereocenters. The number of aliphatic carboxylic acids is 3. The SMILES string of the molecule is CC(=O)O.CC(=O)O.CC(=O)O.CCCCCCCC[P+](C)(CCCCCCCC)CCCCCCCC.P. The van der Waals surface area contributed by atoms with Crippen molar-refractivity contribution in [1.82, 2.24) is 0 Å². The number of unbranched alkanes of at least 4 members (excludes halogenated alkanes) is 15. The summed E-state index contributed by atoms with van der Waals surface area (Å²) in [6.45, 7) is 13.0. The fourth-order valence-corrected chi connectivity index (χ4v) is 7.79. The van der Waals surface area contributed by atoms with Crippen LogP contribution in [0.1, 0.15) is 157 Å². The van der Waals surface area contributed by atoms with Crippen molar-refractivity contribution >= 4 is 35.1 Å². The van der Waals surface area contributed by atoms with E-state index in [1.807, 2.05) is 0 Å². The van der Waals surface area contributed by atoms with Crippen molar-refractivity contribution in [2.45, 2.75) is 157 Å². The molecule has 0 spiro atoms. The zero-order chi connectivity index (χ0) is 30.1. The molecule has 0 aliphatic carbocycles. The van der Waals surface area contributed by atoms with Crippen molar-refractivity contribution in [2.75, 3.05) is 25.2 Å². The lowest BCUT2D eigenvalue weighted by atomic mass is 10.1. The van der Waals surface area contributed by atoms with Crippen LogP contribution in [-0.2, 0) is 14.4 Å².